The number of rotatable bonds is 7. The van der Waals surface area contributed by atoms with Gasteiger partial charge in [-0.2, -0.15) is 0 Å². The maximum atomic E-state index is 13.2. The van der Waals surface area contributed by atoms with E-state index in [0.717, 1.165) is 23.4 Å². The number of halogens is 1. The smallest absolute Gasteiger partial charge is 0.256 e. The van der Waals surface area contributed by atoms with Crippen LogP contribution in [-0.4, -0.2) is 45.4 Å². The Morgan fingerprint density at radius 2 is 1.59 bits per heavy atom. The average molecular weight is 482 g/mol. The molecule has 0 spiro atoms. The molecule has 1 fully saturated rings. The van der Waals surface area contributed by atoms with E-state index in [0.29, 0.717) is 38.0 Å². The summed E-state index contributed by atoms with van der Waals surface area (Å²) in [7, 11) is -1.92. The van der Waals surface area contributed by atoms with Crippen molar-refractivity contribution in [1.29, 1.82) is 0 Å². The minimum atomic E-state index is -3.72. The highest BCUT2D eigenvalue weighted by molar-refractivity contribution is 7.89. The fourth-order valence-corrected chi connectivity index (χ4v) is 5.51. The number of carbonyl (C=O) groups is 1. The molecule has 1 aliphatic rings. The van der Waals surface area contributed by atoms with Crippen LogP contribution in [-0.2, 0) is 16.6 Å². The van der Waals surface area contributed by atoms with Crippen LogP contribution in [0.4, 0.5) is 10.1 Å². The lowest BCUT2D eigenvalue weighted by Gasteiger charge is -2.35. The van der Waals surface area contributed by atoms with Crippen LogP contribution in [0.1, 0.15) is 28.8 Å². The van der Waals surface area contributed by atoms with E-state index in [1.165, 1.54) is 12.1 Å². The third-order valence-corrected chi connectivity index (χ3v) is 7.56. The lowest BCUT2D eigenvalue weighted by molar-refractivity contribution is 0.0785. The fourth-order valence-electron chi connectivity index (χ4n) is 4.20. The number of hydrogen-bond donors (Lipinski definition) is 1. The third-order valence-electron chi connectivity index (χ3n) is 6.03. The van der Waals surface area contributed by atoms with Crippen molar-refractivity contribution in [2.75, 3.05) is 25.0 Å². The number of piperidine rings is 1. The zero-order chi connectivity index (χ0) is 24.1. The highest BCUT2D eigenvalue weighted by Gasteiger charge is 2.27. The van der Waals surface area contributed by atoms with Crippen molar-refractivity contribution in [3.05, 3.63) is 95.8 Å². The summed E-state index contributed by atoms with van der Waals surface area (Å²) < 4.78 is 41.1. The van der Waals surface area contributed by atoms with Crippen molar-refractivity contribution in [3.63, 3.8) is 0 Å². The minimum absolute atomic E-state index is 0.0497. The molecular formula is C26H28FN3O3S. The highest BCUT2D eigenvalue weighted by Crippen LogP contribution is 2.26. The zero-order valence-corrected chi connectivity index (χ0v) is 19.8. The molecule has 1 heterocycles. The van der Waals surface area contributed by atoms with Gasteiger partial charge in [0.2, 0.25) is 10.0 Å². The number of sulfonamides is 1. The maximum absolute atomic E-state index is 13.2. The minimum Gasteiger partial charge on any atom is -0.371 e. The number of hydrogen-bond acceptors (Lipinski definition) is 4. The Morgan fingerprint density at radius 1 is 0.971 bits per heavy atom. The van der Waals surface area contributed by atoms with Gasteiger partial charge in [0.1, 0.15) is 5.82 Å². The van der Waals surface area contributed by atoms with E-state index in [1.54, 1.807) is 11.9 Å². The predicted molar refractivity (Wildman–Crippen MR) is 131 cm³/mol. The van der Waals surface area contributed by atoms with Crippen molar-refractivity contribution in [2.24, 2.45) is 0 Å². The first kappa shape index (κ1) is 23.9. The largest absolute Gasteiger partial charge is 0.371 e. The van der Waals surface area contributed by atoms with Gasteiger partial charge in [-0.1, -0.05) is 42.5 Å². The van der Waals surface area contributed by atoms with Gasteiger partial charge in [0.05, 0.1) is 10.5 Å². The van der Waals surface area contributed by atoms with Gasteiger partial charge in [-0.15, -0.1) is 0 Å². The van der Waals surface area contributed by atoms with Gasteiger partial charge in [0, 0.05) is 38.4 Å². The van der Waals surface area contributed by atoms with Crippen molar-refractivity contribution >= 4 is 21.6 Å². The van der Waals surface area contributed by atoms with Gasteiger partial charge in [-0.25, -0.2) is 17.5 Å². The van der Waals surface area contributed by atoms with Crippen LogP contribution < -0.4 is 9.62 Å². The van der Waals surface area contributed by atoms with Gasteiger partial charge in [-0.3, -0.25) is 4.79 Å². The molecule has 178 valence electrons. The molecule has 1 aliphatic heterocycles. The molecule has 8 heteroatoms. The molecule has 6 nitrogen and oxygen atoms in total. The van der Waals surface area contributed by atoms with E-state index in [2.05, 4.69) is 9.62 Å². The Balaban J connectivity index is 1.41. The molecule has 0 atom stereocenters. The van der Waals surface area contributed by atoms with Crippen molar-refractivity contribution in [2.45, 2.75) is 30.3 Å². The number of amides is 1. The molecule has 0 aliphatic carbocycles. The summed E-state index contributed by atoms with van der Waals surface area (Å²) in [5, 5.41) is 0. The van der Waals surface area contributed by atoms with Crippen LogP contribution in [0.2, 0.25) is 0 Å². The topological polar surface area (TPSA) is 69.7 Å². The number of benzene rings is 3. The van der Waals surface area contributed by atoms with Crippen LogP contribution in [0.25, 0.3) is 0 Å². The standard InChI is InChI=1S/C26H28FN3O3S/c1-29(19-20-7-3-2-4-8-20)26(31)24-9-5-6-10-25(24)30-17-15-22(16-18-30)28-34(32,33)23-13-11-21(27)12-14-23/h2-14,22,28H,15-19H2,1H3. The molecule has 3 aromatic rings. The molecule has 0 bridgehead atoms. The van der Waals surface area contributed by atoms with E-state index < -0.39 is 15.8 Å². The highest BCUT2D eigenvalue weighted by atomic mass is 32.2. The molecule has 0 unspecified atom stereocenters. The Labute approximate surface area is 200 Å². The Kier molecular flexibility index (Phi) is 7.29. The summed E-state index contributed by atoms with van der Waals surface area (Å²) in [4.78, 5) is 17.1. The van der Waals surface area contributed by atoms with Crippen LogP contribution in [0.5, 0.6) is 0 Å². The number of anilines is 1. The SMILES string of the molecule is CN(Cc1ccccc1)C(=O)c1ccccc1N1CCC(NS(=O)(=O)c2ccc(F)cc2)CC1. The molecule has 0 radical (unpaired) electrons. The van der Waals surface area contributed by atoms with Crippen LogP contribution in [0.15, 0.2) is 83.8 Å². The van der Waals surface area contributed by atoms with Gasteiger partial charge < -0.3 is 9.80 Å². The van der Waals surface area contributed by atoms with Crippen molar-refractivity contribution < 1.29 is 17.6 Å². The summed E-state index contributed by atoms with van der Waals surface area (Å²) in [5.74, 6) is -0.534. The van der Waals surface area contributed by atoms with E-state index in [4.69, 9.17) is 0 Å². The lowest BCUT2D eigenvalue weighted by Crippen LogP contribution is -2.45. The van der Waals surface area contributed by atoms with Crippen LogP contribution >= 0.6 is 0 Å². The van der Waals surface area contributed by atoms with E-state index in [-0.39, 0.29) is 16.8 Å². The predicted octanol–water partition coefficient (Wildman–Crippen LogP) is 4.05. The second-order valence-electron chi connectivity index (χ2n) is 8.50. The number of para-hydroxylation sites is 1. The number of nitrogens with one attached hydrogen (secondary N) is 1. The molecule has 4 rings (SSSR count). The quantitative estimate of drug-likeness (QED) is 0.553. The van der Waals surface area contributed by atoms with E-state index in [1.807, 2.05) is 54.6 Å². The molecule has 34 heavy (non-hydrogen) atoms. The second-order valence-corrected chi connectivity index (χ2v) is 10.2. The Hall–Kier alpha value is -3.23. The summed E-state index contributed by atoms with van der Waals surface area (Å²) >= 11 is 0. The first-order chi connectivity index (χ1) is 16.3. The Bertz CT molecular complexity index is 1230. The lowest BCUT2D eigenvalue weighted by atomic mass is 10.0. The zero-order valence-electron chi connectivity index (χ0n) is 19.0. The van der Waals surface area contributed by atoms with E-state index >= 15 is 0 Å². The molecule has 0 saturated carbocycles. The van der Waals surface area contributed by atoms with Crippen LogP contribution in [0.3, 0.4) is 0 Å². The summed E-state index contributed by atoms with van der Waals surface area (Å²) in [6.45, 7) is 1.74. The number of nitrogens with zero attached hydrogens (tertiary/aromatic N) is 2. The van der Waals surface area contributed by atoms with Crippen molar-refractivity contribution in [3.8, 4) is 0 Å². The molecule has 3 aromatic carbocycles. The van der Waals surface area contributed by atoms with Gasteiger partial charge >= 0.3 is 0 Å². The first-order valence-corrected chi connectivity index (χ1v) is 12.7. The summed E-state index contributed by atoms with van der Waals surface area (Å²) in [5.41, 5.74) is 2.55. The van der Waals surface area contributed by atoms with Crippen molar-refractivity contribution in [1.82, 2.24) is 9.62 Å². The van der Waals surface area contributed by atoms with Gasteiger partial charge in [0.15, 0.2) is 0 Å². The Morgan fingerprint density at radius 3 is 2.26 bits per heavy atom. The van der Waals surface area contributed by atoms with E-state index in [9.17, 15) is 17.6 Å². The van der Waals surface area contributed by atoms with Crippen LogP contribution in [0, 0.1) is 5.82 Å². The molecule has 1 N–H and O–H groups in total. The average Bonchev–Trinajstić information content (AvgIpc) is 2.85. The molecule has 1 saturated heterocycles. The monoisotopic (exact) mass is 481 g/mol. The summed E-state index contributed by atoms with van der Waals surface area (Å²) in [6.07, 6.45) is 1.20. The third kappa shape index (κ3) is 5.63. The maximum Gasteiger partial charge on any atom is 0.256 e. The molecule has 1 amide bonds. The first-order valence-electron chi connectivity index (χ1n) is 11.2. The summed E-state index contributed by atoms with van der Waals surface area (Å²) in [6, 6.07) is 22.0. The molecule has 0 aromatic heterocycles. The fraction of sp³-hybridized carbons (Fsp3) is 0.269. The van der Waals surface area contributed by atoms with Gasteiger partial charge in [0.25, 0.3) is 5.91 Å². The van der Waals surface area contributed by atoms with Gasteiger partial charge in [-0.05, 0) is 54.8 Å². The molecular weight excluding hydrogens is 453 g/mol. The number of carbonyl (C=O) groups excluding carboxylic acids is 1. The normalized spacial score (nSPS) is 14.7. The second kappa shape index (κ2) is 10.4.